The summed E-state index contributed by atoms with van der Waals surface area (Å²) in [4.78, 5) is 5.91. The van der Waals surface area contributed by atoms with Crippen molar-refractivity contribution in [3.05, 3.63) is 59.2 Å². The van der Waals surface area contributed by atoms with E-state index < -0.39 is 0 Å². The SMILES string of the molecule is CCCCN=C(C)c1ccccc1SC.COc1ccc(C)cc1C. The van der Waals surface area contributed by atoms with Crippen LogP contribution in [0, 0.1) is 13.8 Å². The quantitative estimate of drug-likeness (QED) is 0.342. The minimum atomic E-state index is 0.949. The molecule has 0 saturated heterocycles. The summed E-state index contributed by atoms with van der Waals surface area (Å²) in [7, 11) is 1.69. The Bertz CT molecular complexity index is 679. The first-order chi connectivity index (χ1) is 12.0. The van der Waals surface area contributed by atoms with Crippen LogP contribution in [0.5, 0.6) is 5.75 Å². The van der Waals surface area contributed by atoms with Crippen molar-refractivity contribution in [1.29, 1.82) is 0 Å². The average Bonchev–Trinajstić information content (AvgIpc) is 2.62. The number of thioether (sulfide) groups is 1. The van der Waals surface area contributed by atoms with E-state index in [1.54, 1.807) is 18.9 Å². The predicted octanol–water partition coefficient (Wildman–Crippen LogP) is 6.33. The second-order valence-electron chi connectivity index (χ2n) is 5.99. The summed E-state index contributed by atoms with van der Waals surface area (Å²) >= 11 is 1.78. The van der Waals surface area contributed by atoms with Crippen LogP contribution in [0.1, 0.15) is 43.4 Å². The maximum atomic E-state index is 5.10. The van der Waals surface area contributed by atoms with Crippen LogP contribution in [0.4, 0.5) is 0 Å². The Labute approximate surface area is 157 Å². The molecule has 0 aliphatic carbocycles. The number of ether oxygens (including phenoxy) is 1. The van der Waals surface area contributed by atoms with Crippen LogP contribution < -0.4 is 4.74 Å². The van der Waals surface area contributed by atoms with Gasteiger partial charge in [-0.15, -0.1) is 11.8 Å². The van der Waals surface area contributed by atoms with Gasteiger partial charge in [-0.3, -0.25) is 4.99 Å². The zero-order valence-electron chi connectivity index (χ0n) is 16.4. The molecule has 136 valence electrons. The van der Waals surface area contributed by atoms with Crippen LogP contribution in [0.15, 0.2) is 52.4 Å². The highest BCUT2D eigenvalue weighted by Gasteiger charge is 2.02. The Hall–Kier alpha value is -1.74. The van der Waals surface area contributed by atoms with Crippen molar-refractivity contribution in [3.8, 4) is 5.75 Å². The lowest BCUT2D eigenvalue weighted by Crippen LogP contribution is -1.98. The number of nitrogens with zero attached hydrogens (tertiary/aromatic N) is 1. The normalized spacial score (nSPS) is 10.9. The lowest BCUT2D eigenvalue weighted by molar-refractivity contribution is 0.411. The molecule has 25 heavy (non-hydrogen) atoms. The Kier molecular flexibility index (Phi) is 10.0. The second-order valence-corrected chi connectivity index (χ2v) is 6.84. The van der Waals surface area contributed by atoms with E-state index in [4.69, 9.17) is 4.74 Å². The van der Waals surface area contributed by atoms with E-state index in [1.165, 1.54) is 34.4 Å². The van der Waals surface area contributed by atoms with Gasteiger partial charge in [-0.2, -0.15) is 0 Å². The summed E-state index contributed by atoms with van der Waals surface area (Å²) in [5.41, 5.74) is 4.91. The van der Waals surface area contributed by atoms with Crippen molar-refractivity contribution in [2.24, 2.45) is 4.99 Å². The van der Waals surface area contributed by atoms with Crippen LogP contribution in [0.2, 0.25) is 0 Å². The van der Waals surface area contributed by atoms with Crippen LogP contribution in [0.3, 0.4) is 0 Å². The number of aryl methyl sites for hydroxylation is 2. The van der Waals surface area contributed by atoms with Gasteiger partial charge in [-0.1, -0.05) is 49.2 Å². The smallest absolute Gasteiger partial charge is 0.121 e. The number of benzene rings is 2. The van der Waals surface area contributed by atoms with Crippen molar-refractivity contribution in [2.75, 3.05) is 19.9 Å². The number of unbranched alkanes of at least 4 members (excludes halogenated alkanes) is 1. The minimum Gasteiger partial charge on any atom is -0.496 e. The topological polar surface area (TPSA) is 21.6 Å². The molecule has 0 radical (unpaired) electrons. The van der Waals surface area contributed by atoms with Gasteiger partial charge >= 0.3 is 0 Å². The van der Waals surface area contributed by atoms with Crippen molar-refractivity contribution >= 4 is 17.5 Å². The number of methoxy groups -OCH3 is 1. The molecule has 0 aliphatic rings. The first-order valence-corrected chi connectivity index (χ1v) is 10.0. The maximum Gasteiger partial charge on any atom is 0.121 e. The summed E-state index contributed by atoms with van der Waals surface area (Å²) in [5, 5.41) is 0. The molecular formula is C22H31NOS. The monoisotopic (exact) mass is 357 g/mol. The number of aliphatic imine (C=N–C) groups is 1. The van der Waals surface area contributed by atoms with E-state index in [2.05, 4.69) is 62.4 Å². The molecule has 0 spiro atoms. The standard InChI is InChI=1S/C13H19NS.C9H12O/c1-4-5-10-14-11(2)12-8-6-7-9-13(12)15-3;1-7-4-5-9(10-3)8(2)6-7/h6-9H,4-5,10H2,1-3H3;4-6H,1-3H3. The van der Waals surface area contributed by atoms with E-state index in [0.717, 1.165) is 18.0 Å². The third-order valence-electron chi connectivity index (χ3n) is 3.91. The molecule has 0 saturated carbocycles. The fraction of sp³-hybridized carbons (Fsp3) is 0.409. The molecule has 0 fully saturated rings. The first kappa shape index (κ1) is 21.3. The van der Waals surface area contributed by atoms with Gasteiger partial charge in [0.1, 0.15) is 5.75 Å². The van der Waals surface area contributed by atoms with Crippen molar-refractivity contribution in [3.63, 3.8) is 0 Å². The van der Waals surface area contributed by atoms with Crippen molar-refractivity contribution in [2.45, 2.75) is 45.4 Å². The molecule has 0 atom stereocenters. The van der Waals surface area contributed by atoms with E-state index in [0.29, 0.717) is 0 Å². The minimum absolute atomic E-state index is 0.949. The number of hydrogen-bond donors (Lipinski definition) is 0. The molecule has 2 nitrogen and oxygen atoms in total. The van der Waals surface area contributed by atoms with Crippen LogP contribution in [-0.2, 0) is 0 Å². The zero-order valence-corrected chi connectivity index (χ0v) is 17.2. The lowest BCUT2D eigenvalue weighted by Gasteiger charge is -2.06. The van der Waals surface area contributed by atoms with Gasteiger partial charge in [-0.25, -0.2) is 0 Å². The van der Waals surface area contributed by atoms with Crippen molar-refractivity contribution in [1.82, 2.24) is 0 Å². The molecule has 2 aromatic carbocycles. The van der Waals surface area contributed by atoms with E-state index in [1.807, 2.05) is 19.1 Å². The van der Waals surface area contributed by atoms with Gasteiger partial charge in [0, 0.05) is 22.7 Å². The molecule has 2 aromatic rings. The van der Waals surface area contributed by atoms with Gasteiger partial charge < -0.3 is 4.74 Å². The summed E-state index contributed by atoms with van der Waals surface area (Å²) in [6.45, 7) is 9.37. The number of hydrogen-bond acceptors (Lipinski definition) is 3. The van der Waals surface area contributed by atoms with Crippen LogP contribution in [-0.4, -0.2) is 25.6 Å². The maximum absolute atomic E-state index is 5.10. The van der Waals surface area contributed by atoms with Gasteiger partial charge in [0.05, 0.1) is 7.11 Å². The summed E-state index contributed by atoms with van der Waals surface area (Å²) < 4.78 is 5.10. The van der Waals surface area contributed by atoms with Gasteiger partial charge in [-0.05, 0) is 51.1 Å². The summed E-state index contributed by atoms with van der Waals surface area (Å²) in [6.07, 6.45) is 4.50. The van der Waals surface area contributed by atoms with Crippen LogP contribution >= 0.6 is 11.8 Å². The largest absolute Gasteiger partial charge is 0.496 e. The highest BCUT2D eigenvalue weighted by Crippen LogP contribution is 2.20. The lowest BCUT2D eigenvalue weighted by atomic mass is 10.1. The summed E-state index contributed by atoms with van der Waals surface area (Å²) in [6, 6.07) is 14.6. The molecular weight excluding hydrogens is 326 g/mol. The Morgan fingerprint density at radius 3 is 2.44 bits per heavy atom. The van der Waals surface area contributed by atoms with Gasteiger partial charge in [0.2, 0.25) is 0 Å². The van der Waals surface area contributed by atoms with E-state index in [-0.39, 0.29) is 0 Å². The van der Waals surface area contributed by atoms with Crippen LogP contribution in [0.25, 0.3) is 0 Å². The first-order valence-electron chi connectivity index (χ1n) is 8.79. The average molecular weight is 358 g/mol. The van der Waals surface area contributed by atoms with Gasteiger partial charge in [0.15, 0.2) is 0 Å². The second kappa shape index (κ2) is 11.8. The van der Waals surface area contributed by atoms with Gasteiger partial charge in [0.25, 0.3) is 0 Å². The molecule has 0 bridgehead atoms. The molecule has 0 aliphatic heterocycles. The Morgan fingerprint density at radius 1 is 1.12 bits per heavy atom. The van der Waals surface area contributed by atoms with E-state index in [9.17, 15) is 0 Å². The zero-order chi connectivity index (χ0) is 18.7. The highest BCUT2D eigenvalue weighted by molar-refractivity contribution is 7.98. The molecule has 2 rings (SSSR count). The molecule has 0 N–H and O–H groups in total. The van der Waals surface area contributed by atoms with E-state index >= 15 is 0 Å². The molecule has 3 heteroatoms. The predicted molar refractivity (Wildman–Crippen MR) is 113 cm³/mol. The van der Waals surface area contributed by atoms with Crippen molar-refractivity contribution < 1.29 is 4.74 Å². The Morgan fingerprint density at radius 2 is 1.84 bits per heavy atom. The molecule has 0 heterocycles. The molecule has 0 amide bonds. The number of rotatable bonds is 6. The third kappa shape index (κ3) is 7.35. The fourth-order valence-corrected chi connectivity index (χ4v) is 3.11. The fourth-order valence-electron chi connectivity index (χ4n) is 2.46. The summed E-state index contributed by atoms with van der Waals surface area (Å²) in [5.74, 6) is 0.964. The molecule has 0 aromatic heterocycles. The Balaban J connectivity index is 0.000000271. The highest BCUT2D eigenvalue weighted by atomic mass is 32.2. The third-order valence-corrected chi connectivity index (χ3v) is 4.70. The molecule has 0 unspecified atom stereocenters.